The fraction of sp³-hybridized carbons (Fsp3) is 0.429. The van der Waals surface area contributed by atoms with Gasteiger partial charge < -0.3 is 19.5 Å². The van der Waals surface area contributed by atoms with Crippen molar-refractivity contribution in [1.29, 1.82) is 0 Å². The quantitative estimate of drug-likeness (QED) is 0.257. The van der Waals surface area contributed by atoms with Crippen molar-refractivity contribution in [3.63, 3.8) is 0 Å². The zero-order valence-corrected chi connectivity index (χ0v) is 22.3. The van der Waals surface area contributed by atoms with Gasteiger partial charge in [-0.25, -0.2) is 4.79 Å². The third-order valence-electron chi connectivity index (χ3n) is 6.55. The van der Waals surface area contributed by atoms with E-state index in [0.29, 0.717) is 17.5 Å². The highest BCUT2D eigenvalue weighted by atomic mass is 32.1. The lowest BCUT2D eigenvalue weighted by Crippen LogP contribution is -2.44. The molecule has 0 unspecified atom stereocenters. The van der Waals surface area contributed by atoms with Crippen LogP contribution in [0.1, 0.15) is 61.3 Å². The summed E-state index contributed by atoms with van der Waals surface area (Å²) in [5.74, 6) is 0.932. The second-order valence-electron chi connectivity index (χ2n) is 9.52. The summed E-state index contributed by atoms with van der Waals surface area (Å²) < 4.78 is 17.1. The van der Waals surface area contributed by atoms with Crippen molar-refractivity contribution in [2.75, 3.05) is 18.5 Å². The molecule has 0 radical (unpaired) electrons. The van der Waals surface area contributed by atoms with Gasteiger partial charge in [0.15, 0.2) is 11.7 Å². The number of carbonyl (C=O) groups excluding carboxylic acids is 1. The predicted octanol–water partition coefficient (Wildman–Crippen LogP) is 5.48. The average Bonchev–Trinajstić information content (AvgIpc) is 2.84. The molecule has 3 N–H and O–H groups in total. The molecule has 4 rings (SSSR count). The molecule has 0 atom stereocenters. The molecule has 8 heteroatoms. The maximum atomic E-state index is 11.7. The molecule has 1 heterocycles. The molecule has 2 aliphatic rings. The standard InChI is InChI=1S/C28H35N3O4S/c1-5-33-25(32)17-34-21-9-10-24-22(15-21)23(16-28(35-24)11-7-6-8-12-28)30-31-27(36)29-26-19(3)13-18(2)14-20(26)4/h9-10,13-16,30H,5-8,11-12,17H2,1-4H3,(H2,29,31,36). The van der Waals surface area contributed by atoms with Crippen LogP contribution in [0, 0.1) is 20.8 Å². The van der Waals surface area contributed by atoms with Gasteiger partial charge in [0, 0.05) is 11.3 Å². The summed E-state index contributed by atoms with van der Waals surface area (Å²) in [6.45, 7) is 8.17. The van der Waals surface area contributed by atoms with E-state index in [0.717, 1.165) is 59.5 Å². The van der Waals surface area contributed by atoms with Gasteiger partial charge in [-0.1, -0.05) is 24.1 Å². The van der Waals surface area contributed by atoms with E-state index in [1.807, 2.05) is 18.2 Å². The average molecular weight is 510 g/mol. The molecular formula is C28H35N3O4S. The van der Waals surface area contributed by atoms with Crippen molar-refractivity contribution < 1.29 is 19.0 Å². The summed E-state index contributed by atoms with van der Waals surface area (Å²) in [4.78, 5) is 11.7. The number of hydrogen-bond acceptors (Lipinski definition) is 6. The highest BCUT2D eigenvalue weighted by Gasteiger charge is 2.37. The number of aryl methyl sites for hydroxylation is 3. The molecule has 192 valence electrons. The van der Waals surface area contributed by atoms with Crippen LogP contribution in [0.4, 0.5) is 5.69 Å². The van der Waals surface area contributed by atoms with Gasteiger partial charge in [0.25, 0.3) is 0 Å². The number of fused-ring (bicyclic) bond motifs is 1. The van der Waals surface area contributed by atoms with Crippen LogP contribution in [0.25, 0.3) is 5.70 Å². The molecule has 2 aromatic rings. The number of anilines is 1. The number of nitrogens with one attached hydrogen (secondary N) is 3. The molecule has 1 aliphatic carbocycles. The SMILES string of the molecule is CCOC(=O)COc1ccc2c(c1)C(NNC(=S)Nc1c(C)cc(C)cc1C)=CC1(CCCCC1)O2. The molecule has 2 aromatic carbocycles. The number of ether oxygens (including phenoxy) is 3. The Morgan fingerprint density at radius 2 is 1.81 bits per heavy atom. The molecule has 1 fully saturated rings. The third kappa shape index (κ3) is 6.10. The van der Waals surface area contributed by atoms with E-state index in [2.05, 4.69) is 55.1 Å². The number of hydrogen-bond donors (Lipinski definition) is 3. The smallest absolute Gasteiger partial charge is 0.344 e. The number of esters is 1. The van der Waals surface area contributed by atoms with Gasteiger partial charge in [-0.3, -0.25) is 10.9 Å². The topological polar surface area (TPSA) is 80.9 Å². The Balaban J connectivity index is 1.53. The van der Waals surface area contributed by atoms with Gasteiger partial charge in [-0.15, -0.1) is 0 Å². The van der Waals surface area contributed by atoms with Gasteiger partial charge in [0.1, 0.15) is 17.1 Å². The molecule has 0 aromatic heterocycles. The minimum Gasteiger partial charge on any atom is -0.482 e. The van der Waals surface area contributed by atoms with Gasteiger partial charge in [-0.2, -0.15) is 0 Å². The van der Waals surface area contributed by atoms with E-state index in [9.17, 15) is 4.79 Å². The van der Waals surface area contributed by atoms with Crippen molar-refractivity contribution in [3.8, 4) is 11.5 Å². The van der Waals surface area contributed by atoms with Gasteiger partial charge in [0.2, 0.25) is 0 Å². The van der Waals surface area contributed by atoms with Gasteiger partial charge in [0.05, 0.1) is 12.3 Å². The summed E-state index contributed by atoms with van der Waals surface area (Å²) >= 11 is 5.60. The van der Waals surface area contributed by atoms with Crippen molar-refractivity contribution in [2.24, 2.45) is 0 Å². The number of benzene rings is 2. The molecule has 7 nitrogen and oxygen atoms in total. The predicted molar refractivity (Wildman–Crippen MR) is 146 cm³/mol. The minimum atomic E-state index is -0.402. The van der Waals surface area contributed by atoms with Crippen molar-refractivity contribution in [2.45, 2.75) is 65.4 Å². The maximum Gasteiger partial charge on any atom is 0.344 e. The lowest BCUT2D eigenvalue weighted by Gasteiger charge is -2.39. The Morgan fingerprint density at radius 1 is 1.08 bits per heavy atom. The molecule has 1 saturated carbocycles. The van der Waals surface area contributed by atoms with Crippen LogP contribution < -0.4 is 25.6 Å². The number of hydrazine groups is 1. The van der Waals surface area contributed by atoms with Crippen LogP contribution >= 0.6 is 12.2 Å². The van der Waals surface area contributed by atoms with Crippen LogP contribution in [0.2, 0.25) is 0 Å². The van der Waals surface area contributed by atoms with Gasteiger partial charge in [-0.05, 0) is 101 Å². The van der Waals surface area contributed by atoms with Gasteiger partial charge >= 0.3 is 5.97 Å². The van der Waals surface area contributed by atoms with E-state index >= 15 is 0 Å². The fourth-order valence-corrected chi connectivity index (χ4v) is 5.13. The second kappa shape index (κ2) is 11.2. The molecule has 1 spiro atoms. The lowest BCUT2D eigenvalue weighted by atomic mass is 9.82. The maximum absolute atomic E-state index is 11.7. The largest absolute Gasteiger partial charge is 0.482 e. The van der Waals surface area contributed by atoms with Crippen LogP contribution in [-0.2, 0) is 9.53 Å². The highest BCUT2D eigenvalue weighted by Crippen LogP contribution is 2.43. The van der Waals surface area contributed by atoms with Crippen LogP contribution in [0.5, 0.6) is 11.5 Å². The Labute approximate surface area is 218 Å². The van der Waals surface area contributed by atoms with Crippen LogP contribution in [0.15, 0.2) is 36.4 Å². The lowest BCUT2D eigenvalue weighted by molar-refractivity contribution is -0.145. The summed E-state index contributed by atoms with van der Waals surface area (Å²) in [7, 11) is 0. The zero-order valence-electron chi connectivity index (χ0n) is 21.5. The van der Waals surface area contributed by atoms with E-state index in [4.69, 9.17) is 26.4 Å². The van der Waals surface area contributed by atoms with Crippen LogP contribution in [0.3, 0.4) is 0 Å². The first kappa shape index (κ1) is 25.8. The number of carbonyl (C=O) groups is 1. The summed E-state index contributed by atoms with van der Waals surface area (Å²) in [6, 6.07) is 9.85. The fourth-order valence-electron chi connectivity index (χ4n) is 4.98. The zero-order chi connectivity index (χ0) is 25.7. The summed E-state index contributed by atoms with van der Waals surface area (Å²) in [6.07, 6.45) is 7.54. The molecule has 0 bridgehead atoms. The first-order valence-corrected chi connectivity index (χ1v) is 12.9. The number of rotatable bonds is 7. The monoisotopic (exact) mass is 509 g/mol. The number of thiocarbonyl (C=S) groups is 1. The van der Waals surface area contributed by atoms with E-state index in [-0.39, 0.29) is 12.2 Å². The molecular weight excluding hydrogens is 474 g/mol. The second-order valence-corrected chi connectivity index (χ2v) is 9.92. The molecule has 0 saturated heterocycles. The third-order valence-corrected chi connectivity index (χ3v) is 6.75. The van der Waals surface area contributed by atoms with E-state index < -0.39 is 5.97 Å². The Morgan fingerprint density at radius 3 is 2.50 bits per heavy atom. The van der Waals surface area contributed by atoms with Crippen molar-refractivity contribution >= 4 is 34.7 Å². The summed E-state index contributed by atoms with van der Waals surface area (Å²) in [5, 5.41) is 3.78. The molecule has 0 amide bonds. The van der Waals surface area contributed by atoms with Crippen LogP contribution in [-0.4, -0.2) is 29.9 Å². The highest BCUT2D eigenvalue weighted by molar-refractivity contribution is 7.80. The molecule has 1 aliphatic heterocycles. The minimum absolute atomic E-state index is 0.147. The van der Waals surface area contributed by atoms with Crippen molar-refractivity contribution in [3.05, 3.63) is 58.7 Å². The first-order valence-electron chi connectivity index (χ1n) is 12.5. The Kier molecular flexibility index (Phi) is 8.04. The first-order chi connectivity index (χ1) is 17.3. The normalized spacial score (nSPS) is 15.7. The Bertz CT molecular complexity index is 1150. The Hall–Kier alpha value is -3.26. The van der Waals surface area contributed by atoms with E-state index in [1.54, 1.807) is 6.92 Å². The molecule has 36 heavy (non-hydrogen) atoms. The van der Waals surface area contributed by atoms with Crippen molar-refractivity contribution in [1.82, 2.24) is 10.9 Å². The summed E-state index contributed by atoms with van der Waals surface area (Å²) in [5.41, 5.74) is 12.3. The van der Waals surface area contributed by atoms with E-state index in [1.165, 1.54) is 12.0 Å².